The Morgan fingerprint density at radius 2 is 1.72 bits per heavy atom. The van der Waals surface area contributed by atoms with Crippen molar-refractivity contribution in [3.63, 3.8) is 0 Å². The molecule has 1 fully saturated rings. The minimum atomic E-state index is -0.601. The summed E-state index contributed by atoms with van der Waals surface area (Å²) in [5, 5.41) is -0.493. The molecular formula is C24H25NO6S. The number of carbonyl (C=O) groups excluding carboxylic acids is 3. The van der Waals surface area contributed by atoms with Crippen LogP contribution in [-0.4, -0.2) is 47.9 Å². The highest BCUT2D eigenvalue weighted by Crippen LogP contribution is 2.32. The molecule has 0 aromatic heterocycles. The standard InChI is InChI=1S/C24H25NO6S/c1-3-17(2)31-22(26)16-25-23(27)21(32-24(25)28)15-18-8-7-11-20(14-18)30-13-12-29-19-9-5-4-6-10-19/h4-11,14-15,17H,3,12-13,16H2,1-2H3/b21-15+/t17-/m1/s1. The quantitative estimate of drug-likeness (QED) is 0.296. The maximum Gasteiger partial charge on any atom is 0.326 e. The summed E-state index contributed by atoms with van der Waals surface area (Å²) < 4.78 is 16.5. The molecule has 1 heterocycles. The van der Waals surface area contributed by atoms with Gasteiger partial charge in [-0.1, -0.05) is 37.3 Å². The molecular weight excluding hydrogens is 430 g/mol. The number of amides is 2. The molecule has 1 aliphatic rings. The minimum Gasteiger partial charge on any atom is -0.490 e. The molecule has 0 aliphatic carbocycles. The molecule has 1 aliphatic heterocycles. The topological polar surface area (TPSA) is 82.1 Å². The second kappa shape index (κ2) is 11.4. The lowest BCUT2D eigenvalue weighted by atomic mass is 10.2. The molecule has 168 valence electrons. The molecule has 3 rings (SSSR count). The Morgan fingerprint density at radius 1 is 1.03 bits per heavy atom. The molecule has 2 amide bonds. The van der Waals surface area contributed by atoms with Gasteiger partial charge in [-0.2, -0.15) is 0 Å². The van der Waals surface area contributed by atoms with E-state index in [1.807, 2.05) is 37.3 Å². The van der Waals surface area contributed by atoms with Crippen molar-refractivity contribution in [2.45, 2.75) is 26.4 Å². The zero-order valence-electron chi connectivity index (χ0n) is 18.0. The molecule has 2 aromatic rings. The lowest BCUT2D eigenvalue weighted by Gasteiger charge is -2.14. The van der Waals surface area contributed by atoms with Crippen molar-refractivity contribution in [3.8, 4) is 11.5 Å². The third-order valence-electron chi connectivity index (χ3n) is 4.59. The summed E-state index contributed by atoms with van der Waals surface area (Å²) in [6.45, 7) is 3.99. The Bertz CT molecular complexity index is 991. The van der Waals surface area contributed by atoms with Crippen molar-refractivity contribution in [2.75, 3.05) is 19.8 Å². The number of para-hydroxylation sites is 1. The van der Waals surface area contributed by atoms with Gasteiger partial charge in [-0.25, -0.2) is 0 Å². The molecule has 0 unspecified atom stereocenters. The second-order valence-corrected chi connectivity index (χ2v) is 8.05. The third-order valence-corrected chi connectivity index (χ3v) is 5.50. The van der Waals surface area contributed by atoms with E-state index in [1.54, 1.807) is 37.3 Å². The molecule has 1 atom stereocenters. The molecule has 0 N–H and O–H groups in total. The summed E-state index contributed by atoms with van der Waals surface area (Å²) >= 11 is 0.798. The van der Waals surface area contributed by atoms with E-state index in [1.165, 1.54) is 0 Å². The smallest absolute Gasteiger partial charge is 0.326 e. The SMILES string of the molecule is CC[C@@H](C)OC(=O)CN1C(=O)S/C(=C/c2cccc(OCCOc3ccccc3)c2)C1=O. The maximum absolute atomic E-state index is 12.6. The van der Waals surface area contributed by atoms with Gasteiger partial charge in [0.25, 0.3) is 11.1 Å². The van der Waals surface area contributed by atoms with Crippen LogP contribution < -0.4 is 9.47 Å². The fourth-order valence-corrected chi connectivity index (χ4v) is 3.63. The summed E-state index contributed by atoms with van der Waals surface area (Å²) in [7, 11) is 0. The number of hydrogen-bond donors (Lipinski definition) is 0. The molecule has 32 heavy (non-hydrogen) atoms. The van der Waals surface area contributed by atoms with Crippen LogP contribution in [0.5, 0.6) is 11.5 Å². The number of hydrogen-bond acceptors (Lipinski definition) is 7. The Kier molecular flexibility index (Phi) is 8.33. The van der Waals surface area contributed by atoms with E-state index >= 15 is 0 Å². The van der Waals surface area contributed by atoms with E-state index in [0.29, 0.717) is 30.9 Å². The van der Waals surface area contributed by atoms with Crippen LogP contribution in [0.4, 0.5) is 4.79 Å². The van der Waals surface area contributed by atoms with Crippen LogP contribution in [0.2, 0.25) is 0 Å². The van der Waals surface area contributed by atoms with Gasteiger partial charge in [-0.05, 0) is 61.0 Å². The van der Waals surface area contributed by atoms with Crippen LogP contribution in [0.25, 0.3) is 6.08 Å². The van der Waals surface area contributed by atoms with Crippen LogP contribution >= 0.6 is 11.8 Å². The lowest BCUT2D eigenvalue weighted by Crippen LogP contribution is -2.35. The van der Waals surface area contributed by atoms with E-state index in [-0.39, 0.29) is 11.0 Å². The fraction of sp³-hybridized carbons (Fsp3) is 0.292. The van der Waals surface area contributed by atoms with E-state index in [4.69, 9.17) is 14.2 Å². The zero-order chi connectivity index (χ0) is 22.9. The highest BCUT2D eigenvalue weighted by molar-refractivity contribution is 8.18. The van der Waals surface area contributed by atoms with Gasteiger partial charge >= 0.3 is 5.97 Å². The lowest BCUT2D eigenvalue weighted by molar-refractivity contribution is -0.150. The van der Waals surface area contributed by atoms with Gasteiger partial charge in [-0.15, -0.1) is 0 Å². The summed E-state index contributed by atoms with van der Waals surface area (Å²) in [6, 6.07) is 16.6. The first kappa shape index (κ1) is 23.4. The first-order valence-electron chi connectivity index (χ1n) is 10.3. The van der Waals surface area contributed by atoms with Crippen LogP contribution in [0, 0.1) is 0 Å². The third kappa shape index (κ3) is 6.62. The van der Waals surface area contributed by atoms with E-state index in [9.17, 15) is 14.4 Å². The average Bonchev–Trinajstić information content (AvgIpc) is 3.05. The summed E-state index contributed by atoms with van der Waals surface area (Å²) in [5.41, 5.74) is 0.708. The van der Waals surface area contributed by atoms with Crippen molar-refractivity contribution in [1.29, 1.82) is 0 Å². The van der Waals surface area contributed by atoms with Crippen molar-refractivity contribution >= 4 is 35.0 Å². The highest BCUT2D eigenvalue weighted by Gasteiger charge is 2.36. The molecule has 1 saturated heterocycles. The van der Waals surface area contributed by atoms with Crippen LogP contribution in [0.1, 0.15) is 25.8 Å². The molecule has 8 heteroatoms. The van der Waals surface area contributed by atoms with Gasteiger partial charge in [0.15, 0.2) is 0 Å². The average molecular weight is 456 g/mol. The van der Waals surface area contributed by atoms with E-state index in [0.717, 1.165) is 22.4 Å². The first-order chi connectivity index (χ1) is 15.5. The normalized spacial score (nSPS) is 15.7. The molecule has 0 bridgehead atoms. The summed E-state index contributed by atoms with van der Waals surface area (Å²) in [6.07, 6.45) is 2.00. The second-order valence-electron chi connectivity index (χ2n) is 7.06. The molecule has 0 spiro atoms. The number of imide groups is 1. The summed E-state index contributed by atoms with van der Waals surface area (Å²) in [5.74, 6) is 0.278. The number of ether oxygens (including phenoxy) is 3. The Morgan fingerprint density at radius 3 is 2.44 bits per heavy atom. The molecule has 0 radical (unpaired) electrons. The molecule has 0 saturated carbocycles. The van der Waals surface area contributed by atoms with Gasteiger partial charge in [0.05, 0.1) is 11.0 Å². The van der Waals surface area contributed by atoms with Crippen LogP contribution in [0.15, 0.2) is 59.5 Å². The van der Waals surface area contributed by atoms with E-state index < -0.39 is 23.7 Å². The number of benzene rings is 2. The van der Waals surface area contributed by atoms with Crippen molar-refractivity contribution in [1.82, 2.24) is 4.90 Å². The van der Waals surface area contributed by atoms with Gasteiger partial charge in [0.2, 0.25) is 0 Å². The summed E-state index contributed by atoms with van der Waals surface area (Å²) in [4.78, 5) is 37.9. The largest absolute Gasteiger partial charge is 0.490 e. The van der Waals surface area contributed by atoms with Gasteiger partial charge in [-0.3, -0.25) is 19.3 Å². The van der Waals surface area contributed by atoms with Crippen molar-refractivity contribution in [3.05, 3.63) is 65.1 Å². The Labute approximate surface area is 191 Å². The van der Waals surface area contributed by atoms with Crippen LogP contribution in [-0.2, 0) is 14.3 Å². The number of thioether (sulfide) groups is 1. The number of rotatable bonds is 10. The van der Waals surface area contributed by atoms with Crippen LogP contribution in [0.3, 0.4) is 0 Å². The Hall–Kier alpha value is -3.26. The predicted molar refractivity (Wildman–Crippen MR) is 122 cm³/mol. The number of esters is 1. The monoisotopic (exact) mass is 455 g/mol. The fourth-order valence-electron chi connectivity index (χ4n) is 2.79. The molecule has 7 nitrogen and oxygen atoms in total. The number of nitrogens with zero attached hydrogens (tertiary/aromatic N) is 1. The number of carbonyl (C=O) groups is 3. The van der Waals surface area contributed by atoms with Crippen molar-refractivity contribution < 1.29 is 28.6 Å². The van der Waals surface area contributed by atoms with Gasteiger partial charge in [0, 0.05) is 0 Å². The van der Waals surface area contributed by atoms with E-state index in [2.05, 4.69) is 0 Å². The zero-order valence-corrected chi connectivity index (χ0v) is 18.8. The maximum atomic E-state index is 12.6. The molecule has 2 aromatic carbocycles. The van der Waals surface area contributed by atoms with Gasteiger partial charge in [0.1, 0.15) is 31.3 Å². The van der Waals surface area contributed by atoms with Crippen molar-refractivity contribution in [2.24, 2.45) is 0 Å². The minimum absolute atomic E-state index is 0.246. The van der Waals surface area contributed by atoms with Gasteiger partial charge < -0.3 is 14.2 Å². The Balaban J connectivity index is 1.56. The highest BCUT2D eigenvalue weighted by atomic mass is 32.2. The predicted octanol–water partition coefficient (Wildman–Crippen LogP) is 4.52. The first-order valence-corrected chi connectivity index (χ1v) is 11.1.